The molecule has 0 saturated carbocycles. The van der Waals surface area contributed by atoms with Crippen molar-refractivity contribution in [2.45, 2.75) is 6.54 Å². The SMILES string of the molecule is O=C1NCc2c(-c3ccccc3)csc21. The molecule has 0 spiro atoms. The van der Waals surface area contributed by atoms with E-state index in [9.17, 15) is 4.79 Å². The second kappa shape index (κ2) is 3.21. The lowest BCUT2D eigenvalue weighted by Gasteiger charge is -1.99. The van der Waals surface area contributed by atoms with Crippen molar-refractivity contribution in [3.8, 4) is 11.1 Å². The van der Waals surface area contributed by atoms with Gasteiger partial charge in [-0.3, -0.25) is 4.79 Å². The van der Waals surface area contributed by atoms with Crippen molar-refractivity contribution in [3.05, 3.63) is 46.2 Å². The molecule has 0 bridgehead atoms. The lowest BCUT2D eigenvalue weighted by atomic mass is 10.0. The summed E-state index contributed by atoms with van der Waals surface area (Å²) in [7, 11) is 0. The maximum absolute atomic E-state index is 11.4. The zero-order chi connectivity index (χ0) is 10.3. The Labute approximate surface area is 91.6 Å². The molecular weight excluding hydrogens is 206 g/mol. The average molecular weight is 215 g/mol. The molecule has 2 heterocycles. The molecule has 0 saturated heterocycles. The monoisotopic (exact) mass is 215 g/mol. The molecule has 3 heteroatoms. The smallest absolute Gasteiger partial charge is 0.261 e. The van der Waals surface area contributed by atoms with Crippen molar-refractivity contribution < 1.29 is 4.79 Å². The van der Waals surface area contributed by atoms with Crippen LogP contribution in [0.4, 0.5) is 0 Å². The molecule has 1 aliphatic rings. The number of carbonyl (C=O) groups excluding carboxylic acids is 1. The minimum absolute atomic E-state index is 0.0668. The van der Waals surface area contributed by atoms with Gasteiger partial charge in [0, 0.05) is 12.1 Å². The van der Waals surface area contributed by atoms with Crippen molar-refractivity contribution in [1.82, 2.24) is 5.32 Å². The van der Waals surface area contributed by atoms with Crippen LogP contribution in [0.3, 0.4) is 0 Å². The van der Waals surface area contributed by atoms with Crippen LogP contribution in [0.1, 0.15) is 15.2 Å². The van der Waals surface area contributed by atoms with Crippen molar-refractivity contribution in [3.63, 3.8) is 0 Å². The molecule has 2 nitrogen and oxygen atoms in total. The van der Waals surface area contributed by atoms with Gasteiger partial charge in [0.05, 0.1) is 4.88 Å². The highest BCUT2D eigenvalue weighted by molar-refractivity contribution is 7.12. The molecule has 1 aliphatic heterocycles. The highest BCUT2D eigenvalue weighted by atomic mass is 32.1. The Kier molecular flexibility index (Phi) is 1.86. The summed E-state index contributed by atoms with van der Waals surface area (Å²) in [5.74, 6) is 0.0668. The van der Waals surface area contributed by atoms with Crippen LogP contribution in [0.5, 0.6) is 0 Å². The molecule has 3 rings (SSSR count). The van der Waals surface area contributed by atoms with E-state index in [1.165, 1.54) is 22.5 Å². The molecule has 15 heavy (non-hydrogen) atoms. The molecule has 0 atom stereocenters. The van der Waals surface area contributed by atoms with E-state index in [1.54, 1.807) is 0 Å². The van der Waals surface area contributed by atoms with Crippen LogP contribution in [-0.4, -0.2) is 5.91 Å². The maximum Gasteiger partial charge on any atom is 0.261 e. The van der Waals surface area contributed by atoms with Gasteiger partial charge >= 0.3 is 0 Å². The number of carbonyl (C=O) groups is 1. The second-order valence-electron chi connectivity index (χ2n) is 3.51. The van der Waals surface area contributed by atoms with Crippen LogP contribution in [-0.2, 0) is 6.54 Å². The molecule has 74 valence electrons. The third-order valence-electron chi connectivity index (χ3n) is 2.61. The molecule has 1 aromatic carbocycles. The fourth-order valence-corrected chi connectivity index (χ4v) is 2.88. The highest BCUT2D eigenvalue weighted by Gasteiger charge is 2.24. The Morgan fingerprint density at radius 3 is 2.80 bits per heavy atom. The van der Waals surface area contributed by atoms with Crippen LogP contribution >= 0.6 is 11.3 Å². The van der Waals surface area contributed by atoms with E-state index in [2.05, 4.69) is 22.8 Å². The number of hydrogen-bond acceptors (Lipinski definition) is 2. The van der Waals surface area contributed by atoms with Crippen molar-refractivity contribution >= 4 is 17.2 Å². The first kappa shape index (κ1) is 8.68. The van der Waals surface area contributed by atoms with E-state index >= 15 is 0 Å². The quantitative estimate of drug-likeness (QED) is 0.778. The zero-order valence-corrected chi connectivity index (χ0v) is 8.80. The summed E-state index contributed by atoms with van der Waals surface area (Å²) in [5, 5.41) is 4.91. The fraction of sp³-hybridized carbons (Fsp3) is 0.0833. The number of rotatable bonds is 1. The minimum Gasteiger partial charge on any atom is -0.347 e. The largest absolute Gasteiger partial charge is 0.347 e. The van der Waals surface area contributed by atoms with Gasteiger partial charge in [-0.25, -0.2) is 0 Å². The molecule has 0 fully saturated rings. The Morgan fingerprint density at radius 2 is 2.00 bits per heavy atom. The summed E-state index contributed by atoms with van der Waals surface area (Å²) in [4.78, 5) is 12.3. The molecule has 0 unspecified atom stereocenters. The summed E-state index contributed by atoms with van der Waals surface area (Å²) < 4.78 is 0. The van der Waals surface area contributed by atoms with Crippen LogP contribution in [0.2, 0.25) is 0 Å². The van der Waals surface area contributed by atoms with Gasteiger partial charge in [-0.05, 0) is 16.5 Å². The summed E-state index contributed by atoms with van der Waals surface area (Å²) in [6.07, 6.45) is 0. The van der Waals surface area contributed by atoms with E-state index in [-0.39, 0.29) is 5.91 Å². The van der Waals surface area contributed by atoms with Gasteiger partial charge in [-0.2, -0.15) is 0 Å². The van der Waals surface area contributed by atoms with Gasteiger partial charge in [0.2, 0.25) is 0 Å². The number of fused-ring (bicyclic) bond motifs is 1. The van der Waals surface area contributed by atoms with E-state index in [0.717, 1.165) is 10.4 Å². The lowest BCUT2D eigenvalue weighted by molar-refractivity contribution is 0.0969. The first-order chi connectivity index (χ1) is 7.36. The van der Waals surface area contributed by atoms with Crippen LogP contribution < -0.4 is 5.32 Å². The van der Waals surface area contributed by atoms with Crippen molar-refractivity contribution in [2.24, 2.45) is 0 Å². The third-order valence-corrected chi connectivity index (χ3v) is 3.63. The van der Waals surface area contributed by atoms with Gasteiger partial charge in [-0.15, -0.1) is 11.3 Å². The number of amides is 1. The predicted octanol–water partition coefficient (Wildman–Crippen LogP) is 2.66. The number of benzene rings is 1. The maximum atomic E-state index is 11.4. The minimum atomic E-state index is 0.0668. The molecule has 1 amide bonds. The van der Waals surface area contributed by atoms with Gasteiger partial charge < -0.3 is 5.32 Å². The van der Waals surface area contributed by atoms with E-state index < -0.39 is 0 Å². The predicted molar refractivity (Wildman–Crippen MR) is 60.9 cm³/mol. The van der Waals surface area contributed by atoms with Crippen LogP contribution in [0.15, 0.2) is 35.7 Å². The summed E-state index contributed by atoms with van der Waals surface area (Å²) in [5.41, 5.74) is 3.52. The number of hydrogen-bond donors (Lipinski definition) is 1. The number of nitrogens with one attached hydrogen (secondary N) is 1. The highest BCUT2D eigenvalue weighted by Crippen LogP contribution is 2.34. The topological polar surface area (TPSA) is 29.1 Å². The zero-order valence-electron chi connectivity index (χ0n) is 7.99. The molecule has 0 radical (unpaired) electrons. The Morgan fingerprint density at radius 1 is 1.20 bits per heavy atom. The van der Waals surface area contributed by atoms with Crippen LogP contribution in [0, 0.1) is 0 Å². The van der Waals surface area contributed by atoms with Gasteiger partial charge in [0.1, 0.15) is 0 Å². The Hall–Kier alpha value is -1.61. The fourth-order valence-electron chi connectivity index (χ4n) is 1.86. The summed E-state index contributed by atoms with van der Waals surface area (Å²) >= 11 is 1.53. The Balaban J connectivity index is 2.16. The van der Waals surface area contributed by atoms with Crippen molar-refractivity contribution in [1.29, 1.82) is 0 Å². The summed E-state index contributed by atoms with van der Waals surface area (Å²) in [6.45, 7) is 0.669. The van der Waals surface area contributed by atoms with Gasteiger partial charge in [0.15, 0.2) is 0 Å². The molecule has 0 aliphatic carbocycles. The van der Waals surface area contributed by atoms with E-state index in [0.29, 0.717) is 6.54 Å². The molecule has 2 aromatic rings. The van der Waals surface area contributed by atoms with Gasteiger partial charge in [-0.1, -0.05) is 30.3 Å². The third kappa shape index (κ3) is 1.27. The molecular formula is C12H9NOS. The average Bonchev–Trinajstić information content (AvgIpc) is 2.83. The number of thiophene rings is 1. The standard InChI is InChI=1S/C12H9NOS/c14-12-11-9(6-13-12)10(7-15-11)8-4-2-1-3-5-8/h1-5,7H,6H2,(H,13,14). The summed E-state index contributed by atoms with van der Waals surface area (Å²) in [6, 6.07) is 10.2. The Bertz CT molecular complexity index is 516. The lowest BCUT2D eigenvalue weighted by Crippen LogP contribution is -2.12. The van der Waals surface area contributed by atoms with Crippen molar-refractivity contribution in [2.75, 3.05) is 0 Å². The molecule has 1 aromatic heterocycles. The normalized spacial score (nSPS) is 13.7. The second-order valence-corrected chi connectivity index (χ2v) is 4.39. The first-order valence-electron chi connectivity index (χ1n) is 4.80. The van der Waals surface area contributed by atoms with E-state index in [1.807, 2.05) is 18.2 Å². The molecule has 1 N–H and O–H groups in total. The van der Waals surface area contributed by atoms with E-state index in [4.69, 9.17) is 0 Å². The first-order valence-corrected chi connectivity index (χ1v) is 5.68. The van der Waals surface area contributed by atoms with Crippen LogP contribution in [0.25, 0.3) is 11.1 Å². The van der Waals surface area contributed by atoms with Gasteiger partial charge in [0.25, 0.3) is 5.91 Å².